The zero-order valence-electron chi connectivity index (χ0n) is 22.4. The Balaban J connectivity index is 1.39. The zero-order valence-corrected chi connectivity index (χ0v) is 22.4. The molecular formula is C27H37N9O. The number of amides is 1. The second-order valence-electron chi connectivity index (χ2n) is 10.6. The first-order valence-electron chi connectivity index (χ1n) is 13.1. The van der Waals surface area contributed by atoms with E-state index in [1.165, 1.54) is 0 Å². The molecule has 1 fully saturated rings. The van der Waals surface area contributed by atoms with E-state index in [1.807, 2.05) is 49.5 Å². The van der Waals surface area contributed by atoms with Crippen molar-refractivity contribution >= 4 is 24.0 Å². The molecule has 196 valence electrons. The van der Waals surface area contributed by atoms with Gasteiger partial charge in [0.2, 0.25) is 11.9 Å². The van der Waals surface area contributed by atoms with Crippen LogP contribution in [-0.4, -0.2) is 93.5 Å². The molecule has 1 saturated heterocycles. The molecule has 0 spiro atoms. The standard InChI is InChI=1S/C27H37N9O/c1-19(2)35-18-29-27(3)24(28-17-21-9-6-7-10-22(21)36-14-8-13-30-36)31-26(32-25(27)35)34-15-11-20(12-16-34)23(37)33(4)5/h6-10,13-14,18-20,24,28H,11-12,15-17H2,1-5H3. The summed E-state index contributed by atoms with van der Waals surface area (Å²) in [4.78, 5) is 33.6. The lowest BCUT2D eigenvalue weighted by Crippen LogP contribution is -2.58. The maximum atomic E-state index is 12.5. The van der Waals surface area contributed by atoms with Gasteiger partial charge in [-0.3, -0.25) is 15.1 Å². The molecule has 0 saturated carbocycles. The van der Waals surface area contributed by atoms with E-state index in [9.17, 15) is 4.79 Å². The van der Waals surface area contributed by atoms with Gasteiger partial charge < -0.3 is 14.7 Å². The Morgan fingerprint density at radius 1 is 1.19 bits per heavy atom. The monoisotopic (exact) mass is 503 g/mol. The van der Waals surface area contributed by atoms with Gasteiger partial charge in [0.25, 0.3) is 0 Å². The minimum absolute atomic E-state index is 0.0584. The summed E-state index contributed by atoms with van der Waals surface area (Å²) >= 11 is 0. The van der Waals surface area contributed by atoms with Crippen LogP contribution in [0.4, 0.5) is 0 Å². The van der Waals surface area contributed by atoms with Crippen LogP contribution in [0.1, 0.15) is 39.2 Å². The van der Waals surface area contributed by atoms with E-state index in [2.05, 4.69) is 53.1 Å². The van der Waals surface area contributed by atoms with E-state index < -0.39 is 5.54 Å². The molecule has 1 aromatic heterocycles. The molecule has 0 bridgehead atoms. The molecule has 1 aromatic carbocycles. The number of benzene rings is 1. The van der Waals surface area contributed by atoms with Gasteiger partial charge in [-0.05, 0) is 51.3 Å². The Kier molecular flexibility index (Phi) is 6.85. The maximum Gasteiger partial charge on any atom is 0.225 e. The van der Waals surface area contributed by atoms with Gasteiger partial charge >= 0.3 is 0 Å². The fraction of sp³-hybridized carbons (Fsp3) is 0.519. The predicted octanol–water partition coefficient (Wildman–Crippen LogP) is 2.37. The summed E-state index contributed by atoms with van der Waals surface area (Å²) in [6, 6.07) is 10.4. The van der Waals surface area contributed by atoms with Crippen LogP contribution in [0.5, 0.6) is 0 Å². The highest BCUT2D eigenvalue weighted by atomic mass is 16.2. The summed E-state index contributed by atoms with van der Waals surface area (Å²) < 4.78 is 1.88. The number of likely N-dealkylation sites (tertiary alicyclic amines) is 1. The normalized spacial score (nSPS) is 23.8. The molecule has 2 aromatic rings. The molecule has 2 unspecified atom stereocenters. The molecule has 3 aliphatic rings. The smallest absolute Gasteiger partial charge is 0.225 e. The number of fused-ring (bicyclic) bond motifs is 1. The number of aromatic nitrogens is 2. The van der Waals surface area contributed by atoms with Gasteiger partial charge in [-0.2, -0.15) is 10.1 Å². The quantitative estimate of drug-likeness (QED) is 0.653. The van der Waals surface area contributed by atoms with E-state index in [1.54, 1.807) is 11.1 Å². The van der Waals surface area contributed by atoms with Gasteiger partial charge in [-0.15, -0.1) is 0 Å². The number of nitrogens with zero attached hydrogens (tertiary/aromatic N) is 8. The first-order chi connectivity index (χ1) is 17.8. The van der Waals surface area contributed by atoms with Crippen molar-refractivity contribution in [1.29, 1.82) is 0 Å². The van der Waals surface area contributed by atoms with Crippen LogP contribution in [0.3, 0.4) is 0 Å². The molecule has 0 radical (unpaired) electrons. The van der Waals surface area contributed by atoms with Crippen LogP contribution in [0.15, 0.2) is 57.7 Å². The van der Waals surface area contributed by atoms with Crippen molar-refractivity contribution < 1.29 is 4.79 Å². The lowest BCUT2D eigenvalue weighted by atomic mass is 9.94. The third-order valence-corrected chi connectivity index (χ3v) is 7.48. The Bertz CT molecular complexity index is 1210. The third-order valence-electron chi connectivity index (χ3n) is 7.48. The first-order valence-corrected chi connectivity index (χ1v) is 13.1. The van der Waals surface area contributed by atoms with Gasteiger partial charge in [0.1, 0.15) is 12.0 Å². The highest BCUT2D eigenvalue weighted by molar-refractivity contribution is 6.10. The molecular weight excluding hydrogens is 466 g/mol. The summed E-state index contributed by atoms with van der Waals surface area (Å²) in [5.74, 6) is 1.90. The summed E-state index contributed by atoms with van der Waals surface area (Å²) in [5.41, 5.74) is 1.56. The number of para-hydroxylation sites is 1. The number of guanidine groups is 1. The highest BCUT2D eigenvalue weighted by Crippen LogP contribution is 2.32. The minimum atomic E-state index is -0.604. The largest absolute Gasteiger partial charge is 0.349 e. The van der Waals surface area contributed by atoms with Crippen LogP contribution >= 0.6 is 0 Å². The van der Waals surface area contributed by atoms with E-state index in [0.717, 1.165) is 49.0 Å². The number of hydrogen-bond acceptors (Lipinski definition) is 8. The zero-order chi connectivity index (χ0) is 26.2. The van der Waals surface area contributed by atoms with Crippen LogP contribution in [0, 0.1) is 5.92 Å². The van der Waals surface area contributed by atoms with Crippen LogP contribution in [-0.2, 0) is 11.3 Å². The van der Waals surface area contributed by atoms with Gasteiger partial charge in [-0.1, -0.05) is 18.2 Å². The lowest BCUT2D eigenvalue weighted by molar-refractivity contribution is -0.134. The van der Waals surface area contributed by atoms with Crippen molar-refractivity contribution in [1.82, 2.24) is 29.8 Å². The Labute approximate surface area is 218 Å². The third kappa shape index (κ3) is 4.77. The molecule has 1 N–H and O–H groups in total. The number of nitrogens with one attached hydrogen (secondary N) is 1. The number of carbonyl (C=O) groups is 1. The van der Waals surface area contributed by atoms with Crippen molar-refractivity contribution in [3.63, 3.8) is 0 Å². The van der Waals surface area contributed by atoms with Crippen molar-refractivity contribution in [2.75, 3.05) is 27.2 Å². The van der Waals surface area contributed by atoms with E-state index in [-0.39, 0.29) is 24.0 Å². The van der Waals surface area contributed by atoms with Gasteiger partial charge in [0.15, 0.2) is 5.54 Å². The number of hydrogen-bond donors (Lipinski definition) is 1. The number of rotatable bonds is 6. The molecule has 1 amide bonds. The molecule has 0 aliphatic carbocycles. The number of aliphatic imine (C=N–C) groups is 3. The van der Waals surface area contributed by atoms with E-state index in [0.29, 0.717) is 6.54 Å². The summed E-state index contributed by atoms with van der Waals surface area (Å²) in [6.45, 7) is 8.52. The molecule has 5 rings (SSSR count). The lowest BCUT2D eigenvalue weighted by Gasteiger charge is -2.40. The fourth-order valence-corrected chi connectivity index (χ4v) is 5.25. The molecule has 3 aliphatic heterocycles. The van der Waals surface area contributed by atoms with Gasteiger partial charge in [-0.25, -0.2) is 9.67 Å². The second kappa shape index (κ2) is 10.1. The summed E-state index contributed by atoms with van der Waals surface area (Å²) in [6.07, 6.45) is 6.96. The Hall–Kier alpha value is -3.53. The molecule has 2 atom stereocenters. The average molecular weight is 504 g/mol. The van der Waals surface area contributed by atoms with Crippen molar-refractivity contribution in [3.05, 3.63) is 48.3 Å². The van der Waals surface area contributed by atoms with E-state index in [4.69, 9.17) is 15.0 Å². The highest BCUT2D eigenvalue weighted by Gasteiger charge is 2.49. The second-order valence-corrected chi connectivity index (χ2v) is 10.6. The van der Waals surface area contributed by atoms with Crippen molar-refractivity contribution in [2.24, 2.45) is 20.9 Å². The maximum absolute atomic E-state index is 12.5. The topological polar surface area (TPSA) is 93.7 Å². The molecule has 10 nitrogen and oxygen atoms in total. The first kappa shape index (κ1) is 25.1. The van der Waals surface area contributed by atoms with E-state index >= 15 is 0 Å². The summed E-state index contributed by atoms with van der Waals surface area (Å²) in [7, 11) is 3.65. The van der Waals surface area contributed by atoms with Crippen LogP contribution < -0.4 is 5.32 Å². The minimum Gasteiger partial charge on any atom is -0.349 e. The Morgan fingerprint density at radius 2 is 1.95 bits per heavy atom. The van der Waals surface area contributed by atoms with Gasteiger partial charge in [0.05, 0.1) is 12.0 Å². The SMILES string of the molecule is CC(C)N1C=NC2(C)C1=NC(N1CCC(C(=O)N(C)C)CC1)=NC2NCc1ccccc1-n1cccn1. The van der Waals surface area contributed by atoms with Crippen molar-refractivity contribution in [2.45, 2.75) is 57.9 Å². The Morgan fingerprint density at radius 3 is 2.62 bits per heavy atom. The van der Waals surface area contributed by atoms with Gasteiger partial charge in [0, 0.05) is 58.1 Å². The number of amidine groups is 1. The average Bonchev–Trinajstić information content (AvgIpc) is 3.55. The predicted molar refractivity (Wildman–Crippen MR) is 146 cm³/mol. The molecule has 4 heterocycles. The summed E-state index contributed by atoms with van der Waals surface area (Å²) in [5, 5.41) is 8.10. The van der Waals surface area contributed by atoms with Crippen LogP contribution in [0.25, 0.3) is 5.69 Å². The molecule has 10 heteroatoms. The number of piperidine rings is 1. The number of carbonyl (C=O) groups excluding carboxylic acids is 1. The van der Waals surface area contributed by atoms with Crippen LogP contribution in [0.2, 0.25) is 0 Å². The fourth-order valence-electron chi connectivity index (χ4n) is 5.25. The van der Waals surface area contributed by atoms with Crippen molar-refractivity contribution in [3.8, 4) is 5.69 Å². The molecule has 37 heavy (non-hydrogen) atoms.